The van der Waals surface area contributed by atoms with Crippen LogP contribution in [0.3, 0.4) is 0 Å². The Morgan fingerprint density at radius 2 is 2.00 bits per heavy atom. The Morgan fingerprint density at radius 1 is 1.24 bits per heavy atom. The third-order valence-corrected chi connectivity index (χ3v) is 5.09. The van der Waals surface area contributed by atoms with Crippen molar-refractivity contribution in [1.29, 1.82) is 0 Å². The summed E-state index contributed by atoms with van der Waals surface area (Å²) in [6.45, 7) is 3.37. The third-order valence-electron chi connectivity index (χ3n) is 4.18. The molecule has 21 heavy (non-hydrogen) atoms. The highest BCUT2D eigenvalue weighted by Gasteiger charge is 2.31. The van der Waals surface area contributed by atoms with Crippen LogP contribution in [0.25, 0.3) is 0 Å². The second-order valence-electron chi connectivity index (χ2n) is 5.67. The van der Waals surface area contributed by atoms with Crippen LogP contribution in [0.2, 0.25) is 0 Å². The number of fused-ring (bicyclic) bond motifs is 1. The van der Waals surface area contributed by atoms with Crippen LogP contribution < -0.4 is 9.46 Å². The van der Waals surface area contributed by atoms with E-state index in [2.05, 4.69) is 28.7 Å². The van der Waals surface area contributed by atoms with E-state index in [9.17, 15) is 0 Å². The first-order valence-corrected chi connectivity index (χ1v) is 8.69. The van der Waals surface area contributed by atoms with Gasteiger partial charge in [0.05, 0.1) is 5.69 Å². The van der Waals surface area contributed by atoms with Crippen LogP contribution in [-0.2, 0) is 0 Å². The molecule has 1 aromatic carbocycles. The largest absolute Gasteiger partial charge is 0.462 e. The summed E-state index contributed by atoms with van der Waals surface area (Å²) in [6.07, 6.45) is 7.96. The highest BCUT2D eigenvalue weighted by Crippen LogP contribution is 2.37. The highest BCUT2D eigenvalue weighted by molar-refractivity contribution is 8.01. The molecule has 1 heterocycles. The van der Waals surface area contributed by atoms with Gasteiger partial charge in [-0.05, 0) is 31.4 Å². The molecule has 1 fully saturated rings. The summed E-state index contributed by atoms with van der Waals surface area (Å²) in [5, 5.41) is 0. The molecule has 2 aliphatic rings. The maximum Gasteiger partial charge on any atom is 0.220 e. The van der Waals surface area contributed by atoms with Gasteiger partial charge >= 0.3 is 0 Å². The van der Waals surface area contributed by atoms with Gasteiger partial charge in [-0.3, -0.25) is 4.90 Å². The van der Waals surface area contributed by atoms with Crippen molar-refractivity contribution in [3.05, 3.63) is 24.3 Å². The average molecular weight is 329 g/mol. The van der Waals surface area contributed by atoms with Crippen molar-refractivity contribution in [2.75, 3.05) is 11.3 Å². The van der Waals surface area contributed by atoms with Gasteiger partial charge in [0.15, 0.2) is 0 Å². The summed E-state index contributed by atoms with van der Waals surface area (Å²) in [5.74, 6) is 0.980. The van der Waals surface area contributed by atoms with Crippen molar-refractivity contribution in [1.82, 2.24) is 4.90 Å². The number of anilines is 1. The minimum Gasteiger partial charge on any atom is -0.462 e. The second kappa shape index (κ2) is 8.16. The predicted molar refractivity (Wildman–Crippen MR) is 93.2 cm³/mol. The van der Waals surface area contributed by atoms with Gasteiger partial charge < -0.3 is 9.46 Å². The lowest BCUT2D eigenvalue weighted by atomic mass is 9.94. The van der Waals surface area contributed by atoms with E-state index >= 15 is 0 Å². The fraction of sp³-hybridized carbons (Fsp3) is 0.625. The SMILES string of the molecule is CCCN(C1CCCCC1)C1Oc2ccccc2NS1.Cl. The lowest BCUT2D eigenvalue weighted by Crippen LogP contribution is -2.47. The number of hydrogen-bond acceptors (Lipinski definition) is 4. The molecule has 0 aromatic heterocycles. The van der Waals surface area contributed by atoms with Crippen LogP contribution in [-0.4, -0.2) is 23.0 Å². The zero-order chi connectivity index (χ0) is 13.8. The molecule has 0 saturated heterocycles. The molecular formula is C16H25ClN2OS. The number of para-hydroxylation sites is 2. The minimum absolute atomic E-state index is 0. The van der Waals surface area contributed by atoms with Gasteiger partial charge in [-0.1, -0.05) is 38.3 Å². The van der Waals surface area contributed by atoms with Crippen LogP contribution >= 0.6 is 24.4 Å². The molecule has 0 spiro atoms. The minimum atomic E-state index is 0. The molecule has 1 atom stereocenters. The van der Waals surface area contributed by atoms with E-state index in [1.807, 2.05) is 12.1 Å². The van der Waals surface area contributed by atoms with Crippen molar-refractivity contribution in [2.45, 2.75) is 57.1 Å². The molecular weight excluding hydrogens is 304 g/mol. The van der Waals surface area contributed by atoms with Gasteiger partial charge in [-0.15, -0.1) is 12.4 Å². The number of ether oxygens (including phenoxy) is 1. The number of nitrogens with zero attached hydrogens (tertiary/aromatic N) is 1. The summed E-state index contributed by atoms with van der Waals surface area (Å²) >= 11 is 1.70. The zero-order valence-electron chi connectivity index (χ0n) is 12.6. The van der Waals surface area contributed by atoms with E-state index in [0.29, 0.717) is 6.04 Å². The molecule has 0 amide bonds. The van der Waals surface area contributed by atoms with Crippen LogP contribution in [0.4, 0.5) is 5.69 Å². The molecule has 1 aromatic rings. The first-order chi connectivity index (χ1) is 9.88. The first kappa shape index (κ1) is 16.8. The normalized spacial score (nSPS) is 21.9. The van der Waals surface area contributed by atoms with Gasteiger partial charge in [0.25, 0.3) is 0 Å². The number of nitrogens with one attached hydrogen (secondary N) is 1. The molecule has 1 unspecified atom stereocenters. The standard InChI is InChI=1S/C16H24N2OS.ClH/c1-2-12-18(13-8-4-3-5-9-13)16-19-15-11-7-6-10-14(15)17-20-16;/h6-7,10-11,13,16-17H,2-5,8-9,12H2,1H3;1H. The molecule has 118 valence electrons. The van der Waals surface area contributed by atoms with Gasteiger partial charge in [-0.25, -0.2) is 0 Å². The van der Waals surface area contributed by atoms with Crippen LogP contribution in [0.1, 0.15) is 45.4 Å². The maximum absolute atomic E-state index is 6.23. The smallest absolute Gasteiger partial charge is 0.220 e. The van der Waals surface area contributed by atoms with Crippen molar-refractivity contribution >= 4 is 30.0 Å². The van der Waals surface area contributed by atoms with Crippen molar-refractivity contribution in [3.63, 3.8) is 0 Å². The van der Waals surface area contributed by atoms with Gasteiger partial charge in [-0.2, -0.15) is 0 Å². The monoisotopic (exact) mass is 328 g/mol. The summed E-state index contributed by atoms with van der Waals surface area (Å²) in [4.78, 5) is 2.56. The van der Waals surface area contributed by atoms with E-state index in [4.69, 9.17) is 4.74 Å². The Balaban J connectivity index is 0.00000161. The molecule has 5 heteroatoms. The Kier molecular flexibility index (Phi) is 6.52. The fourth-order valence-corrected chi connectivity index (χ4v) is 4.13. The molecule has 1 N–H and O–H groups in total. The molecule has 0 bridgehead atoms. The molecule has 1 aliphatic carbocycles. The highest BCUT2D eigenvalue weighted by atomic mass is 35.5. The Labute approximate surface area is 138 Å². The number of hydrogen-bond donors (Lipinski definition) is 1. The average Bonchev–Trinajstić information content (AvgIpc) is 2.53. The van der Waals surface area contributed by atoms with E-state index < -0.39 is 0 Å². The van der Waals surface area contributed by atoms with E-state index in [1.54, 1.807) is 11.9 Å². The van der Waals surface area contributed by atoms with Gasteiger partial charge in [0.1, 0.15) is 5.75 Å². The number of benzene rings is 1. The Bertz CT molecular complexity index is 440. The topological polar surface area (TPSA) is 24.5 Å². The van der Waals surface area contributed by atoms with Crippen LogP contribution in [0, 0.1) is 0 Å². The van der Waals surface area contributed by atoms with Crippen LogP contribution in [0.15, 0.2) is 24.3 Å². The molecule has 1 saturated carbocycles. The van der Waals surface area contributed by atoms with Crippen molar-refractivity contribution in [2.24, 2.45) is 0 Å². The quantitative estimate of drug-likeness (QED) is 0.795. The summed E-state index contributed by atoms with van der Waals surface area (Å²) in [5.41, 5.74) is 1.20. The van der Waals surface area contributed by atoms with Gasteiger partial charge in [0, 0.05) is 24.5 Å². The first-order valence-electron chi connectivity index (χ1n) is 7.81. The molecule has 3 nitrogen and oxygen atoms in total. The van der Waals surface area contributed by atoms with Crippen molar-refractivity contribution in [3.8, 4) is 5.75 Å². The van der Waals surface area contributed by atoms with Crippen LogP contribution in [0.5, 0.6) is 5.75 Å². The van der Waals surface area contributed by atoms with E-state index in [1.165, 1.54) is 38.5 Å². The lowest BCUT2D eigenvalue weighted by molar-refractivity contribution is 0.0405. The van der Waals surface area contributed by atoms with Crippen molar-refractivity contribution < 1.29 is 4.74 Å². The predicted octanol–water partition coefficient (Wildman–Crippen LogP) is 4.89. The Morgan fingerprint density at radius 3 is 2.76 bits per heavy atom. The summed E-state index contributed by atoms with van der Waals surface area (Å²) in [6, 6.07) is 8.90. The lowest BCUT2D eigenvalue weighted by Gasteiger charge is -2.40. The molecule has 1 aliphatic heterocycles. The summed E-state index contributed by atoms with van der Waals surface area (Å²) < 4.78 is 9.67. The number of halogens is 1. The number of rotatable bonds is 4. The van der Waals surface area contributed by atoms with Gasteiger partial charge in [0.2, 0.25) is 5.56 Å². The fourth-order valence-electron chi connectivity index (χ4n) is 3.17. The third kappa shape index (κ3) is 3.99. The summed E-state index contributed by atoms with van der Waals surface area (Å²) in [7, 11) is 0. The zero-order valence-corrected chi connectivity index (χ0v) is 14.2. The van der Waals surface area contributed by atoms with E-state index in [0.717, 1.165) is 18.0 Å². The maximum atomic E-state index is 6.23. The van der Waals surface area contributed by atoms with E-state index in [-0.39, 0.29) is 18.0 Å². The Hall–Kier alpha value is -0.580. The molecule has 3 rings (SSSR count). The molecule has 0 radical (unpaired) electrons. The second-order valence-corrected chi connectivity index (χ2v) is 6.51.